The first-order valence-corrected chi connectivity index (χ1v) is 12.0. The van der Waals surface area contributed by atoms with Crippen LogP contribution < -0.4 is 10.2 Å². The van der Waals surface area contributed by atoms with Crippen molar-refractivity contribution < 1.29 is 14.0 Å². The van der Waals surface area contributed by atoms with Crippen LogP contribution in [-0.2, 0) is 17.6 Å². The Hall–Kier alpha value is -3.71. The molecule has 3 aromatic rings. The van der Waals surface area contributed by atoms with Gasteiger partial charge in [0.25, 0.3) is 5.91 Å². The third-order valence-electron chi connectivity index (χ3n) is 6.85. The molecule has 0 unspecified atom stereocenters. The molecule has 2 saturated heterocycles. The zero-order valence-corrected chi connectivity index (χ0v) is 19.6. The summed E-state index contributed by atoms with van der Waals surface area (Å²) in [5.74, 6) is -0.437. The van der Waals surface area contributed by atoms with Gasteiger partial charge < -0.3 is 10.2 Å². The van der Waals surface area contributed by atoms with Crippen LogP contribution in [0.25, 0.3) is 0 Å². The minimum Gasteiger partial charge on any atom is -0.367 e. The van der Waals surface area contributed by atoms with Crippen LogP contribution in [0.15, 0.2) is 84.9 Å². The summed E-state index contributed by atoms with van der Waals surface area (Å²) in [5, 5.41) is 3.05. The van der Waals surface area contributed by atoms with Crippen molar-refractivity contribution in [2.24, 2.45) is 0 Å². The number of anilines is 1. The summed E-state index contributed by atoms with van der Waals surface area (Å²) in [7, 11) is 0. The maximum absolute atomic E-state index is 14.2. The smallest absolute Gasteiger partial charge is 0.326 e. The summed E-state index contributed by atoms with van der Waals surface area (Å²) < 4.78 is 14.2. The largest absolute Gasteiger partial charge is 0.367 e. The molecule has 2 heterocycles. The standard InChI is InChI=1S/C28H29FN4O2/c29-24-13-7-8-14-25(24)32-17-15-31(16-18-32)21-33-26(34)28(30-27(33)35,19-22-9-3-1-4-10-22)20-23-11-5-2-6-12-23/h1-14H,15-21H2,(H,30,35). The summed E-state index contributed by atoms with van der Waals surface area (Å²) in [6.45, 7) is 2.75. The van der Waals surface area contributed by atoms with E-state index in [0.717, 1.165) is 11.1 Å². The second-order valence-electron chi connectivity index (χ2n) is 9.27. The molecule has 2 fully saturated rings. The van der Waals surface area contributed by atoms with Crippen LogP contribution in [0, 0.1) is 5.82 Å². The van der Waals surface area contributed by atoms with Crippen LogP contribution in [-0.4, -0.2) is 60.1 Å². The molecule has 2 aliphatic heterocycles. The molecular weight excluding hydrogens is 443 g/mol. The van der Waals surface area contributed by atoms with Gasteiger partial charge in [-0.05, 0) is 23.3 Å². The predicted octanol–water partition coefficient (Wildman–Crippen LogP) is 3.68. The summed E-state index contributed by atoms with van der Waals surface area (Å²) in [6, 6.07) is 26.0. The molecule has 0 bridgehead atoms. The number of rotatable bonds is 7. The lowest BCUT2D eigenvalue weighted by atomic mass is 9.84. The van der Waals surface area contributed by atoms with E-state index in [1.165, 1.54) is 11.0 Å². The first-order valence-electron chi connectivity index (χ1n) is 12.0. The lowest BCUT2D eigenvalue weighted by Gasteiger charge is -2.37. The van der Waals surface area contributed by atoms with Gasteiger partial charge in [0.15, 0.2) is 0 Å². The Morgan fingerprint density at radius 2 is 1.29 bits per heavy atom. The van der Waals surface area contributed by atoms with Crippen molar-refractivity contribution in [1.29, 1.82) is 0 Å². The van der Waals surface area contributed by atoms with Crippen LogP contribution in [0.3, 0.4) is 0 Å². The van der Waals surface area contributed by atoms with Gasteiger partial charge in [0.05, 0.1) is 12.4 Å². The summed E-state index contributed by atoms with van der Waals surface area (Å²) in [5.41, 5.74) is 1.55. The zero-order valence-electron chi connectivity index (χ0n) is 19.6. The Morgan fingerprint density at radius 1 is 0.743 bits per heavy atom. The van der Waals surface area contributed by atoms with Crippen molar-refractivity contribution in [3.05, 3.63) is 102 Å². The average molecular weight is 473 g/mol. The van der Waals surface area contributed by atoms with E-state index < -0.39 is 5.54 Å². The Morgan fingerprint density at radius 3 is 1.86 bits per heavy atom. The molecule has 0 radical (unpaired) electrons. The molecule has 2 aliphatic rings. The number of nitrogens with one attached hydrogen (secondary N) is 1. The number of amides is 3. The van der Waals surface area contributed by atoms with E-state index in [-0.39, 0.29) is 24.4 Å². The maximum atomic E-state index is 14.2. The maximum Gasteiger partial charge on any atom is 0.326 e. The predicted molar refractivity (Wildman–Crippen MR) is 133 cm³/mol. The van der Waals surface area contributed by atoms with Crippen LogP contribution >= 0.6 is 0 Å². The molecule has 0 atom stereocenters. The minimum atomic E-state index is -1.03. The number of carbonyl (C=O) groups excluding carboxylic acids is 2. The van der Waals surface area contributed by atoms with Crippen molar-refractivity contribution >= 4 is 17.6 Å². The summed E-state index contributed by atoms with van der Waals surface area (Å²) in [4.78, 5) is 32.3. The summed E-state index contributed by atoms with van der Waals surface area (Å²) in [6.07, 6.45) is 0.843. The lowest BCUT2D eigenvalue weighted by molar-refractivity contribution is -0.132. The fourth-order valence-corrected chi connectivity index (χ4v) is 5.03. The Balaban J connectivity index is 1.31. The number of hydrogen-bond acceptors (Lipinski definition) is 4. The van der Waals surface area contributed by atoms with Crippen LogP contribution in [0.1, 0.15) is 11.1 Å². The topological polar surface area (TPSA) is 55.9 Å². The average Bonchev–Trinajstić information content (AvgIpc) is 3.10. The molecule has 0 spiro atoms. The molecule has 3 amide bonds. The van der Waals surface area contributed by atoms with E-state index >= 15 is 0 Å². The summed E-state index contributed by atoms with van der Waals surface area (Å²) >= 11 is 0. The van der Waals surface area contributed by atoms with E-state index in [0.29, 0.717) is 44.7 Å². The molecule has 3 aromatic carbocycles. The number of para-hydroxylation sites is 1. The van der Waals surface area contributed by atoms with E-state index in [4.69, 9.17) is 0 Å². The monoisotopic (exact) mass is 472 g/mol. The van der Waals surface area contributed by atoms with Gasteiger partial charge >= 0.3 is 6.03 Å². The van der Waals surface area contributed by atoms with Gasteiger partial charge in [-0.3, -0.25) is 9.69 Å². The molecule has 5 rings (SSSR count). The lowest BCUT2D eigenvalue weighted by Crippen LogP contribution is -2.53. The first-order chi connectivity index (χ1) is 17.0. The highest BCUT2D eigenvalue weighted by Crippen LogP contribution is 2.28. The van der Waals surface area contributed by atoms with Crippen LogP contribution in [0.4, 0.5) is 14.9 Å². The number of carbonyl (C=O) groups is 2. The minimum absolute atomic E-state index is 0.202. The van der Waals surface area contributed by atoms with Crippen LogP contribution in [0.5, 0.6) is 0 Å². The van der Waals surface area contributed by atoms with Crippen molar-refractivity contribution in [2.75, 3.05) is 37.7 Å². The molecule has 0 saturated carbocycles. The molecule has 35 heavy (non-hydrogen) atoms. The van der Waals surface area contributed by atoms with E-state index in [2.05, 4.69) is 10.2 Å². The van der Waals surface area contributed by atoms with E-state index in [1.54, 1.807) is 12.1 Å². The van der Waals surface area contributed by atoms with Gasteiger partial charge in [-0.1, -0.05) is 72.8 Å². The van der Waals surface area contributed by atoms with E-state index in [9.17, 15) is 14.0 Å². The zero-order chi connectivity index (χ0) is 24.3. The molecule has 0 aliphatic carbocycles. The Labute approximate surface area is 205 Å². The van der Waals surface area contributed by atoms with Gasteiger partial charge in [-0.2, -0.15) is 0 Å². The Kier molecular flexibility index (Phi) is 6.51. The fourth-order valence-electron chi connectivity index (χ4n) is 5.03. The van der Waals surface area contributed by atoms with Crippen molar-refractivity contribution in [3.8, 4) is 0 Å². The Bertz CT molecular complexity index is 1140. The number of hydrogen-bond donors (Lipinski definition) is 1. The number of urea groups is 1. The fraction of sp³-hybridized carbons (Fsp3) is 0.286. The van der Waals surface area contributed by atoms with Crippen molar-refractivity contribution in [3.63, 3.8) is 0 Å². The number of piperazine rings is 1. The van der Waals surface area contributed by atoms with Crippen LogP contribution in [0.2, 0.25) is 0 Å². The number of benzene rings is 3. The van der Waals surface area contributed by atoms with Gasteiger partial charge in [-0.25, -0.2) is 14.1 Å². The highest BCUT2D eigenvalue weighted by molar-refractivity contribution is 6.07. The third-order valence-corrected chi connectivity index (χ3v) is 6.85. The SMILES string of the molecule is O=C1NC(Cc2ccccc2)(Cc2ccccc2)C(=O)N1CN1CCN(c2ccccc2F)CC1. The molecule has 180 valence electrons. The van der Waals surface area contributed by atoms with Crippen molar-refractivity contribution in [2.45, 2.75) is 18.4 Å². The van der Waals surface area contributed by atoms with Gasteiger partial charge in [0.1, 0.15) is 11.4 Å². The normalized spacial score (nSPS) is 18.1. The molecular formula is C28H29FN4O2. The third kappa shape index (κ3) is 4.91. The first kappa shape index (κ1) is 23.1. The quantitative estimate of drug-likeness (QED) is 0.533. The molecule has 1 N–H and O–H groups in total. The number of halogens is 1. The molecule has 0 aromatic heterocycles. The number of nitrogens with zero attached hydrogens (tertiary/aromatic N) is 3. The number of imide groups is 1. The van der Waals surface area contributed by atoms with E-state index in [1.807, 2.05) is 71.6 Å². The van der Waals surface area contributed by atoms with Gasteiger partial charge in [0, 0.05) is 39.0 Å². The van der Waals surface area contributed by atoms with Gasteiger partial charge in [0.2, 0.25) is 0 Å². The second-order valence-corrected chi connectivity index (χ2v) is 9.27. The van der Waals surface area contributed by atoms with Gasteiger partial charge in [-0.15, -0.1) is 0 Å². The molecule has 7 heteroatoms. The molecule has 6 nitrogen and oxygen atoms in total. The highest BCUT2D eigenvalue weighted by atomic mass is 19.1. The highest BCUT2D eigenvalue weighted by Gasteiger charge is 2.51. The van der Waals surface area contributed by atoms with Crippen molar-refractivity contribution in [1.82, 2.24) is 15.1 Å². The second kappa shape index (κ2) is 9.88.